The maximum absolute atomic E-state index is 5.42. The third-order valence-corrected chi connectivity index (χ3v) is 2.46. The maximum atomic E-state index is 5.42. The van der Waals surface area contributed by atoms with Crippen LogP contribution in [0.5, 0.6) is 0 Å². The number of hydrogen-bond donors (Lipinski definition) is 1. The van der Waals surface area contributed by atoms with E-state index in [1.165, 1.54) is 11.5 Å². The molecule has 0 radical (unpaired) electrons. The van der Waals surface area contributed by atoms with E-state index < -0.39 is 0 Å². The van der Waals surface area contributed by atoms with Gasteiger partial charge >= 0.3 is 0 Å². The Hall–Kier alpha value is -0.520. The van der Waals surface area contributed by atoms with Gasteiger partial charge in [0.25, 0.3) is 0 Å². The largest absolute Gasteiger partial charge is 0.330 e. The van der Waals surface area contributed by atoms with Gasteiger partial charge in [-0.05, 0) is 32.2 Å². The Kier molecular flexibility index (Phi) is 4.27. The summed E-state index contributed by atoms with van der Waals surface area (Å²) in [4.78, 5) is 6.50. The Balaban J connectivity index is 2.39. The first kappa shape index (κ1) is 10.6. The van der Waals surface area contributed by atoms with Crippen molar-refractivity contribution in [3.8, 4) is 0 Å². The molecule has 0 atom stereocenters. The molecule has 0 spiro atoms. The lowest BCUT2D eigenvalue weighted by Crippen LogP contribution is -2.15. The van der Waals surface area contributed by atoms with E-state index >= 15 is 0 Å². The average molecular weight is 200 g/mol. The molecule has 1 aromatic heterocycles. The van der Waals surface area contributed by atoms with Crippen LogP contribution in [-0.2, 0) is 12.8 Å². The van der Waals surface area contributed by atoms with Crippen molar-refractivity contribution in [3.05, 3.63) is 10.8 Å². The van der Waals surface area contributed by atoms with Gasteiger partial charge in [0.05, 0.1) is 0 Å². The van der Waals surface area contributed by atoms with E-state index in [9.17, 15) is 0 Å². The monoisotopic (exact) mass is 200 g/mol. The smallest absolute Gasteiger partial charge is 0.143 e. The number of likely N-dealkylation sites (N-methyl/N-ethyl adjacent to an activating group) is 1. The minimum absolute atomic E-state index is 0.655. The van der Waals surface area contributed by atoms with Crippen LogP contribution in [0.1, 0.15) is 10.8 Å². The SMILES string of the molecule is CN(C)CCc1nsc(CCN)n1. The molecule has 0 aromatic carbocycles. The van der Waals surface area contributed by atoms with E-state index in [-0.39, 0.29) is 0 Å². The normalized spacial score (nSPS) is 11.1. The van der Waals surface area contributed by atoms with Gasteiger partial charge in [-0.3, -0.25) is 0 Å². The van der Waals surface area contributed by atoms with Gasteiger partial charge in [-0.25, -0.2) is 4.98 Å². The van der Waals surface area contributed by atoms with Crippen molar-refractivity contribution in [2.75, 3.05) is 27.2 Å². The zero-order valence-electron chi connectivity index (χ0n) is 8.16. The molecule has 13 heavy (non-hydrogen) atoms. The zero-order chi connectivity index (χ0) is 9.68. The van der Waals surface area contributed by atoms with Crippen molar-refractivity contribution in [3.63, 3.8) is 0 Å². The van der Waals surface area contributed by atoms with Gasteiger partial charge in [0.15, 0.2) is 0 Å². The maximum Gasteiger partial charge on any atom is 0.143 e. The van der Waals surface area contributed by atoms with Crippen molar-refractivity contribution >= 4 is 11.5 Å². The molecule has 0 aliphatic carbocycles. The average Bonchev–Trinajstić information content (AvgIpc) is 2.50. The number of hydrogen-bond acceptors (Lipinski definition) is 5. The zero-order valence-corrected chi connectivity index (χ0v) is 8.97. The topological polar surface area (TPSA) is 55.0 Å². The summed E-state index contributed by atoms with van der Waals surface area (Å²) in [5.41, 5.74) is 5.42. The van der Waals surface area contributed by atoms with Gasteiger partial charge < -0.3 is 10.6 Å². The van der Waals surface area contributed by atoms with Crippen molar-refractivity contribution in [1.82, 2.24) is 14.3 Å². The summed E-state index contributed by atoms with van der Waals surface area (Å²) in [6, 6.07) is 0. The van der Waals surface area contributed by atoms with Gasteiger partial charge in [-0.15, -0.1) is 0 Å². The number of aromatic nitrogens is 2. The fourth-order valence-corrected chi connectivity index (χ4v) is 1.64. The highest BCUT2D eigenvalue weighted by atomic mass is 32.1. The van der Waals surface area contributed by atoms with Crippen LogP contribution in [0.25, 0.3) is 0 Å². The van der Waals surface area contributed by atoms with Crippen LogP contribution in [0.4, 0.5) is 0 Å². The predicted octanol–water partition coefficient (Wildman–Crippen LogP) is 0.143. The van der Waals surface area contributed by atoms with Crippen LogP contribution < -0.4 is 5.73 Å². The van der Waals surface area contributed by atoms with Gasteiger partial charge in [0, 0.05) is 19.4 Å². The van der Waals surface area contributed by atoms with E-state index in [2.05, 4.69) is 14.3 Å². The molecular formula is C8H16N4S. The molecule has 0 bridgehead atoms. The molecule has 0 fully saturated rings. The second-order valence-corrected chi connectivity index (χ2v) is 4.03. The third kappa shape index (κ3) is 3.80. The Morgan fingerprint density at radius 2 is 2.15 bits per heavy atom. The minimum Gasteiger partial charge on any atom is -0.330 e. The molecule has 1 aromatic rings. The lowest BCUT2D eigenvalue weighted by atomic mass is 10.4. The summed E-state index contributed by atoms with van der Waals surface area (Å²) < 4.78 is 4.26. The van der Waals surface area contributed by atoms with Gasteiger partial charge in [0.1, 0.15) is 10.8 Å². The third-order valence-electron chi connectivity index (χ3n) is 1.65. The summed E-state index contributed by atoms with van der Waals surface area (Å²) in [7, 11) is 4.10. The highest BCUT2D eigenvalue weighted by Crippen LogP contribution is 2.05. The van der Waals surface area contributed by atoms with Crippen LogP contribution >= 0.6 is 11.5 Å². The Labute approximate surface area is 82.9 Å². The van der Waals surface area contributed by atoms with Crippen LogP contribution in [0.2, 0.25) is 0 Å². The van der Waals surface area contributed by atoms with Crippen molar-refractivity contribution < 1.29 is 0 Å². The molecule has 5 heteroatoms. The van der Waals surface area contributed by atoms with E-state index in [0.717, 1.165) is 30.2 Å². The summed E-state index contributed by atoms with van der Waals surface area (Å²) in [5, 5.41) is 1.05. The minimum atomic E-state index is 0.655. The van der Waals surface area contributed by atoms with E-state index in [4.69, 9.17) is 5.73 Å². The van der Waals surface area contributed by atoms with Crippen molar-refractivity contribution in [2.45, 2.75) is 12.8 Å². The molecule has 0 saturated heterocycles. The molecular weight excluding hydrogens is 184 g/mol. The molecule has 4 nitrogen and oxygen atoms in total. The molecule has 1 heterocycles. The van der Waals surface area contributed by atoms with Crippen molar-refractivity contribution in [2.24, 2.45) is 5.73 Å². The molecule has 0 amide bonds. The summed E-state index contributed by atoms with van der Waals surface area (Å²) in [5.74, 6) is 0.946. The standard InChI is InChI=1S/C8H16N4S/c1-12(2)6-4-7-10-8(3-5-9)13-11-7/h3-6,9H2,1-2H3. The first-order valence-corrected chi connectivity index (χ1v) is 5.16. The van der Waals surface area contributed by atoms with Gasteiger partial charge in [0.2, 0.25) is 0 Å². The van der Waals surface area contributed by atoms with E-state index in [0.29, 0.717) is 6.54 Å². The summed E-state index contributed by atoms with van der Waals surface area (Å²) in [6.07, 6.45) is 1.77. The fourth-order valence-electron chi connectivity index (χ4n) is 0.940. The van der Waals surface area contributed by atoms with Gasteiger partial charge in [-0.1, -0.05) is 0 Å². The first-order chi connectivity index (χ1) is 6.22. The predicted molar refractivity (Wildman–Crippen MR) is 54.9 cm³/mol. The van der Waals surface area contributed by atoms with Crippen molar-refractivity contribution in [1.29, 1.82) is 0 Å². The second-order valence-electron chi connectivity index (χ2n) is 3.20. The molecule has 1 rings (SSSR count). The molecule has 0 aliphatic rings. The Morgan fingerprint density at radius 1 is 1.38 bits per heavy atom. The Bertz CT molecular complexity index is 246. The van der Waals surface area contributed by atoms with Crippen LogP contribution in [0.3, 0.4) is 0 Å². The van der Waals surface area contributed by atoms with Gasteiger partial charge in [-0.2, -0.15) is 4.37 Å². The second kappa shape index (κ2) is 5.26. The molecule has 0 unspecified atom stereocenters. The van der Waals surface area contributed by atoms with E-state index in [1.54, 1.807) is 0 Å². The highest BCUT2D eigenvalue weighted by molar-refractivity contribution is 7.05. The molecule has 74 valence electrons. The quantitative estimate of drug-likeness (QED) is 0.735. The van der Waals surface area contributed by atoms with Crippen LogP contribution in [0, 0.1) is 0 Å². The highest BCUT2D eigenvalue weighted by Gasteiger charge is 2.03. The molecule has 2 N–H and O–H groups in total. The molecule has 0 saturated carbocycles. The van der Waals surface area contributed by atoms with E-state index in [1.807, 2.05) is 14.1 Å². The number of nitrogens with zero attached hydrogens (tertiary/aromatic N) is 3. The number of rotatable bonds is 5. The fraction of sp³-hybridized carbons (Fsp3) is 0.750. The first-order valence-electron chi connectivity index (χ1n) is 4.38. The lowest BCUT2D eigenvalue weighted by molar-refractivity contribution is 0.410. The summed E-state index contributed by atoms with van der Waals surface area (Å²) in [6.45, 7) is 1.65. The Morgan fingerprint density at radius 3 is 2.77 bits per heavy atom. The lowest BCUT2D eigenvalue weighted by Gasteiger charge is -2.05. The summed E-state index contributed by atoms with van der Waals surface area (Å²) >= 11 is 1.47. The molecule has 0 aliphatic heterocycles. The van der Waals surface area contributed by atoms with Crippen LogP contribution in [-0.4, -0.2) is 41.4 Å². The van der Waals surface area contributed by atoms with Crippen LogP contribution in [0.15, 0.2) is 0 Å². The number of nitrogens with two attached hydrogens (primary N) is 1.